The molecule has 1 aliphatic heterocycles. The quantitative estimate of drug-likeness (QED) is 0.694. The standard InChI is InChI=1S/C9H15NO2S/c11-6-9(2-3-9)10-8(12)7-1-4-13-5-7/h7,11H,1-6H2,(H,10,12). The highest BCUT2D eigenvalue weighted by molar-refractivity contribution is 7.99. The van der Waals surface area contributed by atoms with Crippen molar-refractivity contribution in [2.24, 2.45) is 5.92 Å². The van der Waals surface area contributed by atoms with Gasteiger partial charge in [0, 0.05) is 11.7 Å². The van der Waals surface area contributed by atoms with Crippen LogP contribution in [0.25, 0.3) is 0 Å². The number of amides is 1. The lowest BCUT2D eigenvalue weighted by molar-refractivity contribution is -0.125. The van der Waals surface area contributed by atoms with E-state index in [1.807, 2.05) is 11.8 Å². The Bertz CT molecular complexity index is 210. The lowest BCUT2D eigenvalue weighted by Gasteiger charge is -2.16. The zero-order valence-corrected chi connectivity index (χ0v) is 8.40. The van der Waals surface area contributed by atoms with Crippen LogP contribution in [0.3, 0.4) is 0 Å². The third-order valence-electron chi connectivity index (χ3n) is 2.85. The number of hydrogen-bond acceptors (Lipinski definition) is 3. The summed E-state index contributed by atoms with van der Waals surface area (Å²) in [7, 11) is 0. The van der Waals surface area contributed by atoms with Crippen molar-refractivity contribution in [3.63, 3.8) is 0 Å². The molecule has 2 rings (SSSR count). The van der Waals surface area contributed by atoms with E-state index in [1.54, 1.807) is 0 Å². The Kier molecular flexibility index (Phi) is 2.51. The minimum absolute atomic E-state index is 0.0958. The molecule has 13 heavy (non-hydrogen) atoms. The molecule has 1 unspecified atom stereocenters. The SMILES string of the molecule is O=C(NC1(CO)CC1)C1CCSC1. The lowest BCUT2D eigenvalue weighted by atomic mass is 10.1. The highest BCUT2D eigenvalue weighted by atomic mass is 32.2. The second-order valence-corrected chi connectivity index (χ2v) is 5.14. The van der Waals surface area contributed by atoms with Gasteiger partial charge in [-0.3, -0.25) is 4.79 Å². The minimum Gasteiger partial charge on any atom is -0.394 e. The molecule has 1 atom stereocenters. The molecule has 1 saturated heterocycles. The highest BCUT2D eigenvalue weighted by Gasteiger charge is 2.44. The molecule has 0 aromatic rings. The van der Waals surface area contributed by atoms with Gasteiger partial charge in [-0.1, -0.05) is 0 Å². The summed E-state index contributed by atoms with van der Waals surface area (Å²) in [6, 6.07) is 0. The zero-order valence-electron chi connectivity index (χ0n) is 7.58. The van der Waals surface area contributed by atoms with E-state index in [1.165, 1.54) is 0 Å². The Morgan fingerprint density at radius 1 is 1.62 bits per heavy atom. The molecular weight excluding hydrogens is 186 g/mol. The highest BCUT2D eigenvalue weighted by Crippen LogP contribution is 2.35. The molecule has 1 aliphatic carbocycles. The average Bonchev–Trinajstić information content (AvgIpc) is 2.69. The maximum Gasteiger partial charge on any atom is 0.224 e. The number of aliphatic hydroxyl groups excluding tert-OH is 1. The first kappa shape index (κ1) is 9.34. The van der Waals surface area contributed by atoms with Gasteiger partial charge in [-0.15, -0.1) is 0 Å². The van der Waals surface area contributed by atoms with Gasteiger partial charge >= 0.3 is 0 Å². The molecule has 3 nitrogen and oxygen atoms in total. The van der Waals surface area contributed by atoms with Crippen LogP contribution in [-0.4, -0.2) is 34.7 Å². The summed E-state index contributed by atoms with van der Waals surface area (Å²) in [6.07, 6.45) is 2.88. The average molecular weight is 201 g/mol. The summed E-state index contributed by atoms with van der Waals surface area (Å²) in [5, 5.41) is 12.0. The molecule has 0 aromatic heterocycles. The molecule has 0 radical (unpaired) electrons. The third-order valence-corrected chi connectivity index (χ3v) is 4.01. The molecule has 74 valence electrons. The van der Waals surface area contributed by atoms with Gasteiger partial charge in [-0.05, 0) is 25.0 Å². The van der Waals surface area contributed by atoms with Gasteiger partial charge in [0.05, 0.1) is 12.1 Å². The number of rotatable bonds is 3. The molecule has 1 heterocycles. The van der Waals surface area contributed by atoms with Crippen molar-refractivity contribution in [1.29, 1.82) is 0 Å². The van der Waals surface area contributed by atoms with E-state index in [0.29, 0.717) is 0 Å². The van der Waals surface area contributed by atoms with Crippen LogP contribution in [-0.2, 0) is 4.79 Å². The summed E-state index contributed by atoms with van der Waals surface area (Å²) in [4.78, 5) is 11.6. The number of thioether (sulfide) groups is 1. The molecule has 1 saturated carbocycles. The number of carbonyl (C=O) groups is 1. The lowest BCUT2D eigenvalue weighted by Crippen LogP contribution is -2.42. The summed E-state index contributed by atoms with van der Waals surface area (Å²) in [5.74, 6) is 2.39. The second-order valence-electron chi connectivity index (χ2n) is 3.99. The van der Waals surface area contributed by atoms with E-state index in [9.17, 15) is 4.79 Å². The smallest absolute Gasteiger partial charge is 0.224 e. The van der Waals surface area contributed by atoms with Gasteiger partial charge in [-0.2, -0.15) is 11.8 Å². The Balaban J connectivity index is 1.84. The molecular formula is C9H15NO2S. The van der Waals surface area contributed by atoms with Crippen LogP contribution in [0.15, 0.2) is 0 Å². The summed E-state index contributed by atoms with van der Waals surface area (Å²) < 4.78 is 0. The monoisotopic (exact) mass is 201 g/mol. The van der Waals surface area contributed by atoms with Crippen molar-refractivity contribution in [1.82, 2.24) is 5.32 Å². The molecule has 1 amide bonds. The van der Waals surface area contributed by atoms with E-state index in [-0.39, 0.29) is 24.0 Å². The fourth-order valence-electron chi connectivity index (χ4n) is 1.58. The van der Waals surface area contributed by atoms with Crippen LogP contribution >= 0.6 is 11.8 Å². The van der Waals surface area contributed by atoms with Crippen LogP contribution in [0.4, 0.5) is 0 Å². The molecule has 0 spiro atoms. The minimum atomic E-state index is -0.232. The first-order valence-corrected chi connectivity index (χ1v) is 5.92. The van der Waals surface area contributed by atoms with Crippen molar-refractivity contribution in [3.05, 3.63) is 0 Å². The van der Waals surface area contributed by atoms with Crippen LogP contribution < -0.4 is 5.32 Å². The van der Waals surface area contributed by atoms with Crippen molar-refractivity contribution in [3.8, 4) is 0 Å². The third kappa shape index (κ3) is 1.99. The number of nitrogens with one attached hydrogen (secondary N) is 1. The van der Waals surface area contributed by atoms with Crippen LogP contribution in [0.1, 0.15) is 19.3 Å². The maximum atomic E-state index is 11.6. The largest absolute Gasteiger partial charge is 0.394 e. The first-order chi connectivity index (χ1) is 6.26. The normalized spacial score (nSPS) is 30.1. The van der Waals surface area contributed by atoms with Gasteiger partial charge in [0.25, 0.3) is 0 Å². The maximum absolute atomic E-state index is 11.6. The van der Waals surface area contributed by atoms with Gasteiger partial charge in [0.15, 0.2) is 0 Å². The van der Waals surface area contributed by atoms with Crippen LogP contribution in [0.5, 0.6) is 0 Å². The van der Waals surface area contributed by atoms with Crippen molar-refractivity contribution < 1.29 is 9.90 Å². The predicted octanol–water partition coefficient (Wildman–Crippen LogP) is 0.381. The Morgan fingerprint density at radius 3 is 2.85 bits per heavy atom. The Hall–Kier alpha value is -0.220. The van der Waals surface area contributed by atoms with Crippen molar-refractivity contribution in [2.75, 3.05) is 18.1 Å². The molecule has 2 aliphatic rings. The Labute approximate surface area is 82.3 Å². The Morgan fingerprint density at radius 2 is 2.38 bits per heavy atom. The van der Waals surface area contributed by atoms with E-state index in [2.05, 4.69) is 5.32 Å². The van der Waals surface area contributed by atoms with Crippen molar-refractivity contribution in [2.45, 2.75) is 24.8 Å². The van der Waals surface area contributed by atoms with E-state index >= 15 is 0 Å². The molecule has 2 fully saturated rings. The van der Waals surface area contributed by atoms with Gasteiger partial charge < -0.3 is 10.4 Å². The summed E-state index contributed by atoms with van der Waals surface area (Å²) in [5.41, 5.74) is -0.232. The predicted molar refractivity (Wildman–Crippen MR) is 52.6 cm³/mol. The fraction of sp³-hybridized carbons (Fsp3) is 0.889. The molecule has 2 N–H and O–H groups in total. The molecule has 0 bridgehead atoms. The molecule has 4 heteroatoms. The number of hydrogen-bond donors (Lipinski definition) is 2. The zero-order chi connectivity index (χ0) is 9.31. The van der Waals surface area contributed by atoms with Gasteiger partial charge in [-0.25, -0.2) is 0 Å². The molecule has 0 aromatic carbocycles. The van der Waals surface area contributed by atoms with Crippen LogP contribution in [0, 0.1) is 5.92 Å². The number of carbonyl (C=O) groups excluding carboxylic acids is 1. The van der Waals surface area contributed by atoms with Crippen molar-refractivity contribution >= 4 is 17.7 Å². The summed E-state index contributed by atoms with van der Waals surface area (Å²) >= 11 is 1.84. The van der Waals surface area contributed by atoms with Crippen LogP contribution in [0.2, 0.25) is 0 Å². The van der Waals surface area contributed by atoms with Gasteiger partial charge in [0.1, 0.15) is 0 Å². The second kappa shape index (κ2) is 3.50. The van der Waals surface area contributed by atoms with E-state index in [0.717, 1.165) is 30.8 Å². The number of aliphatic hydroxyl groups is 1. The van der Waals surface area contributed by atoms with E-state index in [4.69, 9.17) is 5.11 Å². The van der Waals surface area contributed by atoms with E-state index < -0.39 is 0 Å². The van der Waals surface area contributed by atoms with Gasteiger partial charge in [0.2, 0.25) is 5.91 Å². The topological polar surface area (TPSA) is 49.3 Å². The summed E-state index contributed by atoms with van der Waals surface area (Å²) in [6.45, 7) is 0.0958. The first-order valence-electron chi connectivity index (χ1n) is 4.76. The fourth-order valence-corrected chi connectivity index (χ4v) is 2.80.